The standard InChI is InChI=1S/C21H26FN3O/c1-6-25(5)14-24-19-12-15(2)17(11-16(19)3)20(23-4)13-26-21-10-8-7-9-18(21)22/h7-12,14H,6,13H2,1-5H3/b23-20+,24-14+. The van der Waals surface area contributed by atoms with E-state index in [4.69, 9.17) is 4.74 Å². The van der Waals surface area contributed by atoms with Crippen LogP contribution in [0.25, 0.3) is 0 Å². The fourth-order valence-corrected chi connectivity index (χ4v) is 2.46. The van der Waals surface area contributed by atoms with Crippen LogP contribution in [0.2, 0.25) is 0 Å². The van der Waals surface area contributed by atoms with Gasteiger partial charge in [-0.25, -0.2) is 9.38 Å². The van der Waals surface area contributed by atoms with Crippen LogP contribution in [0, 0.1) is 19.7 Å². The van der Waals surface area contributed by atoms with E-state index >= 15 is 0 Å². The van der Waals surface area contributed by atoms with Gasteiger partial charge in [0.1, 0.15) is 6.61 Å². The van der Waals surface area contributed by atoms with Crippen LogP contribution in [-0.4, -0.2) is 44.2 Å². The molecule has 0 amide bonds. The fraction of sp³-hybridized carbons (Fsp3) is 0.333. The Balaban J connectivity index is 2.22. The van der Waals surface area contributed by atoms with Gasteiger partial charge in [0.05, 0.1) is 17.7 Å². The molecule has 0 spiro atoms. The molecule has 4 nitrogen and oxygen atoms in total. The monoisotopic (exact) mass is 355 g/mol. The van der Waals surface area contributed by atoms with E-state index in [1.54, 1.807) is 25.2 Å². The molecule has 0 bridgehead atoms. The maximum Gasteiger partial charge on any atom is 0.165 e. The third-order valence-corrected chi connectivity index (χ3v) is 4.22. The van der Waals surface area contributed by atoms with Gasteiger partial charge in [-0.05, 0) is 56.2 Å². The summed E-state index contributed by atoms with van der Waals surface area (Å²) in [4.78, 5) is 10.9. The molecule has 0 atom stereocenters. The Morgan fingerprint density at radius 2 is 1.92 bits per heavy atom. The fourth-order valence-electron chi connectivity index (χ4n) is 2.46. The lowest BCUT2D eigenvalue weighted by Crippen LogP contribution is -2.15. The third-order valence-electron chi connectivity index (χ3n) is 4.22. The summed E-state index contributed by atoms with van der Waals surface area (Å²) in [5.41, 5.74) is 4.80. The Labute approximate surface area is 155 Å². The van der Waals surface area contributed by atoms with Crippen LogP contribution in [0.4, 0.5) is 10.1 Å². The van der Waals surface area contributed by atoms with Gasteiger partial charge in [-0.1, -0.05) is 12.1 Å². The van der Waals surface area contributed by atoms with Crippen LogP contribution >= 0.6 is 0 Å². The molecule has 0 aliphatic heterocycles. The average molecular weight is 355 g/mol. The van der Waals surface area contributed by atoms with Crippen molar-refractivity contribution in [1.82, 2.24) is 4.90 Å². The Bertz CT molecular complexity index is 815. The van der Waals surface area contributed by atoms with Gasteiger partial charge in [-0.15, -0.1) is 0 Å². The number of aryl methyl sites for hydroxylation is 2. The number of hydrogen-bond acceptors (Lipinski definition) is 3. The molecular weight excluding hydrogens is 329 g/mol. The van der Waals surface area contributed by atoms with Gasteiger partial charge in [0.15, 0.2) is 11.6 Å². The molecule has 0 aromatic heterocycles. The van der Waals surface area contributed by atoms with E-state index in [2.05, 4.69) is 23.0 Å². The maximum absolute atomic E-state index is 13.7. The zero-order valence-electron chi connectivity index (χ0n) is 16.1. The van der Waals surface area contributed by atoms with Crippen molar-refractivity contribution in [3.8, 4) is 5.75 Å². The summed E-state index contributed by atoms with van der Waals surface area (Å²) in [5, 5.41) is 0. The predicted octanol–water partition coefficient (Wildman–Crippen LogP) is 4.55. The summed E-state index contributed by atoms with van der Waals surface area (Å²) in [5.74, 6) is -0.146. The average Bonchev–Trinajstić information content (AvgIpc) is 2.64. The molecule has 0 saturated carbocycles. The molecule has 2 aromatic carbocycles. The highest BCUT2D eigenvalue weighted by molar-refractivity contribution is 6.03. The number of benzene rings is 2. The van der Waals surface area contributed by atoms with E-state index in [1.165, 1.54) is 6.07 Å². The maximum atomic E-state index is 13.7. The largest absolute Gasteiger partial charge is 0.484 e. The minimum absolute atomic E-state index is 0.207. The number of nitrogens with zero attached hydrogens (tertiary/aromatic N) is 3. The zero-order chi connectivity index (χ0) is 19.1. The first-order valence-corrected chi connectivity index (χ1v) is 8.65. The van der Waals surface area contributed by atoms with E-state index in [9.17, 15) is 4.39 Å². The minimum atomic E-state index is -0.374. The summed E-state index contributed by atoms with van der Waals surface area (Å²) in [6, 6.07) is 10.5. The minimum Gasteiger partial charge on any atom is -0.484 e. The van der Waals surface area contributed by atoms with Crippen molar-refractivity contribution in [2.75, 3.05) is 27.2 Å². The molecule has 0 unspecified atom stereocenters. The van der Waals surface area contributed by atoms with Crippen molar-refractivity contribution in [1.29, 1.82) is 0 Å². The quantitative estimate of drug-likeness (QED) is 0.540. The summed E-state index contributed by atoms with van der Waals surface area (Å²) in [7, 11) is 3.71. The SMILES string of the molecule is CCN(C)/C=N/c1cc(C)c(/C(COc2ccccc2F)=N/C)cc1C. The van der Waals surface area contributed by atoms with Crippen molar-refractivity contribution in [2.45, 2.75) is 20.8 Å². The molecule has 138 valence electrons. The van der Waals surface area contributed by atoms with Crippen LogP contribution in [0.1, 0.15) is 23.6 Å². The lowest BCUT2D eigenvalue weighted by molar-refractivity contribution is 0.354. The van der Waals surface area contributed by atoms with E-state index < -0.39 is 0 Å². The Hall–Kier alpha value is -2.69. The third kappa shape index (κ3) is 4.91. The molecule has 0 fully saturated rings. The van der Waals surface area contributed by atoms with Crippen molar-refractivity contribution >= 4 is 17.7 Å². The molecule has 26 heavy (non-hydrogen) atoms. The van der Waals surface area contributed by atoms with Crippen LogP contribution in [0.5, 0.6) is 5.75 Å². The number of aliphatic imine (C=N–C) groups is 2. The van der Waals surface area contributed by atoms with Gasteiger partial charge < -0.3 is 9.64 Å². The van der Waals surface area contributed by atoms with Gasteiger partial charge in [0, 0.05) is 26.2 Å². The van der Waals surface area contributed by atoms with Gasteiger partial charge in [0.25, 0.3) is 0 Å². The molecule has 0 radical (unpaired) electrons. The topological polar surface area (TPSA) is 37.2 Å². The van der Waals surface area contributed by atoms with Crippen LogP contribution in [0.15, 0.2) is 46.4 Å². The first-order chi connectivity index (χ1) is 12.5. The van der Waals surface area contributed by atoms with Crippen LogP contribution in [-0.2, 0) is 0 Å². The second kappa shape index (κ2) is 9.13. The smallest absolute Gasteiger partial charge is 0.165 e. The lowest BCUT2D eigenvalue weighted by atomic mass is 10.00. The number of rotatable bonds is 7. The van der Waals surface area contributed by atoms with Crippen molar-refractivity contribution < 1.29 is 9.13 Å². The van der Waals surface area contributed by atoms with Crippen molar-refractivity contribution in [3.63, 3.8) is 0 Å². The highest BCUT2D eigenvalue weighted by atomic mass is 19.1. The van der Waals surface area contributed by atoms with Gasteiger partial charge in [0.2, 0.25) is 0 Å². The highest BCUT2D eigenvalue weighted by Gasteiger charge is 2.12. The summed E-state index contributed by atoms with van der Waals surface area (Å²) < 4.78 is 19.4. The Morgan fingerprint density at radius 1 is 1.19 bits per heavy atom. The molecule has 2 aromatic rings. The second-order valence-electron chi connectivity index (χ2n) is 6.16. The first-order valence-electron chi connectivity index (χ1n) is 8.65. The molecule has 0 N–H and O–H groups in total. The molecule has 2 rings (SSSR count). The highest BCUT2D eigenvalue weighted by Crippen LogP contribution is 2.24. The number of hydrogen-bond donors (Lipinski definition) is 0. The summed E-state index contributed by atoms with van der Waals surface area (Å²) >= 11 is 0. The molecular formula is C21H26FN3O. The van der Waals surface area contributed by atoms with Crippen molar-refractivity contribution in [3.05, 3.63) is 58.9 Å². The summed E-state index contributed by atoms with van der Waals surface area (Å²) in [6.45, 7) is 7.23. The molecule has 0 saturated heterocycles. The molecule has 0 aliphatic rings. The van der Waals surface area contributed by atoms with Crippen molar-refractivity contribution in [2.24, 2.45) is 9.98 Å². The zero-order valence-corrected chi connectivity index (χ0v) is 16.1. The van der Waals surface area contributed by atoms with Gasteiger partial charge in [-0.2, -0.15) is 0 Å². The molecule has 0 aliphatic carbocycles. The summed E-state index contributed by atoms with van der Waals surface area (Å²) in [6.07, 6.45) is 1.83. The van der Waals surface area contributed by atoms with Gasteiger partial charge in [-0.3, -0.25) is 4.99 Å². The Kier molecular flexibility index (Phi) is 6.89. The van der Waals surface area contributed by atoms with E-state index in [0.29, 0.717) is 0 Å². The van der Waals surface area contributed by atoms with Gasteiger partial charge >= 0.3 is 0 Å². The van der Waals surface area contributed by atoms with E-state index in [-0.39, 0.29) is 18.2 Å². The van der Waals surface area contributed by atoms with Crippen LogP contribution < -0.4 is 4.74 Å². The molecule has 5 heteroatoms. The molecule has 0 heterocycles. The number of halogens is 1. The number of para-hydroxylation sites is 1. The Morgan fingerprint density at radius 3 is 2.58 bits per heavy atom. The second-order valence-corrected chi connectivity index (χ2v) is 6.16. The van der Waals surface area contributed by atoms with Crippen LogP contribution in [0.3, 0.4) is 0 Å². The normalized spacial score (nSPS) is 11.8. The predicted molar refractivity (Wildman–Crippen MR) is 107 cm³/mol. The van der Waals surface area contributed by atoms with E-state index in [0.717, 1.165) is 34.6 Å². The lowest BCUT2D eigenvalue weighted by Gasteiger charge is -2.14. The van der Waals surface area contributed by atoms with E-state index in [1.807, 2.05) is 38.2 Å². The first kappa shape index (κ1) is 19.6. The number of ether oxygens (including phenoxy) is 1.